The number of hydrogen-bond donors (Lipinski definition) is 1. The van der Waals surface area contributed by atoms with Gasteiger partial charge in [-0.05, 0) is 19.4 Å². The number of imidazole rings is 1. The van der Waals surface area contributed by atoms with E-state index in [9.17, 15) is 5.11 Å². The Morgan fingerprint density at radius 2 is 2.36 bits per heavy atom. The minimum absolute atomic E-state index is 0.0942. The summed E-state index contributed by atoms with van der Waals surface area (Å²) >= 11 is 0. The zero-order valence-electron chi connectivity index (χ0n) is 8.34. The Morgan fingerprint density at radius 3 is 3.00 bits per heavy atom. The highest BCUT2D eigenvalue weighted by Gasteiger charge is 2.18. The Labute approximate surface area is 84.2 Å². The fourth-order valence-electron chi connectivity index (χ4n) is 1.91. The van der Waals surface area contributed by atoms with Crippen LogP contribution >= 0.6 is 0 Å². The van der Waals surface area contributed by atoms with E-state index < -0.39 is 0 Å². The Morgan fingerprint density at radius 1 is 1.43 bits per heavy atom. The minimum atomic E-state index is -0.0942. The van der Waals surface area contributed by atoms with Crippen molar-refractivity contribution in [3.05, 3.63) is 18.7 Å². The molecule has 1 aliphatic rings. The molecule has 1 aromatic heterocycles. The van der Waals surface area contributed by atoms with E-state index in [1.807, 2.05) is 12.5 Å². The lowest BCUT2D eigenvalue weighted by molar-refractivity contribution is 0.175. The van der Waals surface area contributed by atoms with Crippen molar-refractivity contribution in [3.8, 4) is 0 Å². The SMILES string of the molecule is OC1CCN(CCCn2ccnc2)C1. The molecule has 0 aromatic carbocycles. The molecule has 1 unspecified atom stereocenters. The van der Waals surface area contributed by atoms with Gasteiger partial charge in [0.2, 0.25) is 0 Å². The Balaban J connectivity index is 1.64. The van der Waals surface area contributed by atoms with Crippen molar-refractivity contribution in [2.45, 2.75) is 25.5 Å². The second-order valence-electron chi connectivity index (χ2n) is 3.90. The van der Waals surface area contributed by atoms with Gasteiger partial charge in [0.1, 0.15) is 0 Å². The second kappa shape index (κ2) is 4.57. The van der Waals surface area contributed by atoms with Crippen LogP contribution in [0, 0.1) is 0 Å². The summed E-state index contributed by atoms with van der Waals surface area (Å²) in [4.78, 5) is 6.32. The Bertz CT molecular complexity index is 260. The summed E-state index contributed by atoms with van der Waals surface area (Å²) in [5.74, 6) is 0. The number of β-amino-alcohol motifs (C(OH)–C–C–N with tert-alkyl or cyclic N) is 1. The molecule has 1 N–H and O–H groups in total. The van der Waals surface area contributed by atoms with Crippen LogP contribution in [0.15, 0.2) is 18.7 Å². The fourth-order valence-corrected chi connectivity index (χ4v) is 1.91. The van der Waals surface area contributed by atoms with Gasteiger partial charge < -0.3 is 14.6 Å². The number of rotatable bonds is 4. The lowest BCUT2D eigenvalue weighted by Crippen LogP contribution is -2.23. The lowest BCUT2D eigenvalue weighted by atomic mass is 10.3. The highest BCUT2D eigenvalue weighted by Crippen LogP contribution is 2.08. The second-order valence-corrected chi connectivity index (χ2v) is 3.90. The van der Waals surface area contributed by atoms with Crippen LogP contribution in [-0.4, -0.2) is 45.3 Å². The summed E-state index contributed by atoms with van der Waals surface area (Å²) in [5.41, 5.74) is 0. The van der Waals surface area contributed by atoms with Gasteiger partial charge >= 0.3 is 0 Å². The molecule has 1 fully saturated rings. The first kappa shape index (κ1) is 9.68. The molecule has 1 atom stereocenters. The standard InChI is InChI=1S/C10H17N3O/c14-10-2-6-12(8-10)4-1-5-13-7-3-11-9-13/h3,7,9-10,14H,1-2,4-6,8H2. The molecule has 4 heteroatoms. The number of hydrogen-bond acceptors (Lipinski definition) is 3. The molecule has 0 saturated carbocycles. The van der Waals surface area contributed by atoms with E-state index >= 15 is 0 Å². The van der Waals surface area contributed by atoms with Crippen LogP contribution in [0.2, 0.25) is 0 Å². The van der Waals surface area contributed by atoms with Crippen molar-refractivity contribution in [3.63, 3.8) is 0 Å². The molecule has 0 bridgehead atoms. The van der Waals surface area contributed by atoms with Crippen molar-refractivity contribution in [1.29, 1.82) is 0 Å². The molecule has 2 rings (SSSR count). The van der Waals surface area contributed by atoms with Gasteiger partial charge in [-0.15, -0.1) is 0 Å². The third-order valence-corrected chi connectivity index (χ3v) is 2.70. The van der Waals surface area contributed by atoms with Crippen LogP contribution in [0.1, 0.15) is 12.8 Å². The normalized spacial score (nSPS) is 23.1. The summed E-state index contributed by atoms with van der Waals surface area (Å²) in [6.45, 7) is 4.00. The molecule has 78 valence electrons. The zero-order chi connectivity index (χ0) is 9.80. The van der Waals surface area contributed by atoms with Gasteiger partial charge in [0.05, 0.1) is 12.4 Å². The van der Waals surface area contributed by atoms with E-state index in [2.05, 4.69) is 14.5 Å². The summed E-state index contributed by atoms with van der Waals surface area (Å²) in [6, 6.07) is 0. The molecule has 0 spiro atoms. The molecule has 1 aliphatic heterocycles. The van der Waals surface area contributed by atoms with E-state index in [1.165, 1.54) is 0 Å². The molecule has 0 aliphatic carbocycles. The zero-order valence-corrected chi connectivity index (χ0v) is 8.34. The summed E-state index contributed by atoms with van der Waals surface area (Å²) in [7, 11) is 0. The van der Waals surface area contributed by atoms with Crippen LogP contribution < -0.4 is 0 Å². The number of aromatic nitrogens is 2. The number of aliphatic hydroxyl groups excluding tert-OH is 1. The number of aryl methyl sites for hydroxylation is 1. The lowest BCUT2D eigenvalue weighted by Gasteiger charge is -2.14. The molecule has 14 heavy (non-hydrogen) atoms. The molecule has 4 nitrogen and oxygen atoms in total. The van der Waals surface area contributed by atoms with Crippen molar-refractivity contribution >= 4 is 0 Å². The van der Waals surface area contributed by atoms with Crippen molar-refractivity contribution in [2.75, 3.05) is 19.6 Å². The number of likely N-dealkylation sites (tertiary alicyclic amines) is 1. The first-order valence-corrected chi connectivity index (χ1v) is 5.21. The molecule has 1 aromatic rings. The Hall–Kier alpha value is -0.870. The average molecular weight is 195 g/mol. The van der Waals surface area contributed by atoms with E-state index in [4.69, 9.17) is 0 Å². The predicted molar refractivity (Wildman–Crippen MR) is 53.9 cm³/mol. The van der Waals surface area contributed by atoms with E-state index in [-0.39, 0.29) is 6.10 Å². The maximum atomic E-state index is 9.33. The molecule has 0 radical (unpaired) electrons. The first-order chi connectivity index (χ1) is 6.84. The molecule has 0 amide bonds. The van der Waals surface area contributed by atoms with Crippen LogP contribution in [0.25, 0.3) is 0 Å². The third-order valence-electron chi connectivity index (χ3n) is 2.70. The maximum absolute atomic E-state index is 9.33. The van der Waals surface area contributed by atoms with Gasteiger partial charge in [0.25, 0.3) is 0 Å². The van der Waals surface area contributed by atoms with Crippen LogP contribution in [0.3, 0.4) is 0 Å². The highest BCUT2D eigenvalue weighted by molar-refractivity contribution is 4.76. The maximum Gasteiger partial charge on any atom is 0.0945 e. The minimum Gasteiger partial charge on any atom is -0.392 e. The van der Waals surface area contributed by atoms with Gasteiger partial charge in [-0.2, -0.15) is 0 Å². The number of aliphatic hydroxyl groups is 1. The van der Waals surface area contributed by atoms with Gasteiger partial charge in [0, 0.05) is 32.0 Å². The first-order valence-electron chi connectivity index (χ1n) is 5.21. The highest BCUT2D eigenvalue weighted by atomic mass is 16.3. The van der Waals surface area contributed by atoms with Crippen molar-refractivity contribution < 1.29 is 5.11 Å². The largest absolute Gasteiger partial charge is 0.392 e. The van der Waals surface area contributed by atoms with Crippen molar-refractivity contribution in [2.24, 2.45) is 0 Å². The molecule has 2 heterocycles. The average Bonchev–Trinajstić information content (AvgIpc) is 2.77. The van der Waals surface area contributed by atoms with E-state index in [0.717, 1.165) is 39.0 Å². The van der Waals surface area contributed by atoms with Gasteiger partial charge in [0.15, 0.2) is 0 Å². The van der Waals surface area contributed by atoms with Crippen molar-refractivity contribution in [1.82, 2.24) is 14.5 Å². The predicted octanol–water partition coefficient (Wildman–Crippen LogP) is 0.340. The van der Waals surface area contributed by atoms with Gasteiger partial charge in [-0.1, -0.05) is 0 Å². The summed E-state index contributed by atoms with van der Waals surface area (Å²) in [5, 5.41) is 9.33. The quantitative estimate of drug-likeness (QED) is 0.753. The molecular formula is C10H17N3O. The van der Waals surface area contributed by atoms with Gasteiger partial charge in [-0.25, -0.2) is 4.98 Å². The van der Waals surface area contributed by atoms with Crippen LogP contribution in [0.4, 0.5) is 0 Å². The monoisotopic (exact) mass is 195 g/mol. The van der Waals surface area contributed by atoms with Crippen LogP contribution in [-0.2, 0) is 6.54 Å². The molecular weight excluding hydrogens is 178 g/mol. The topological polar surface area (TPSA) is 41.3 Å². The smallest absolute Gasteiger partial charge is 0.0945 e. The third kappa shape index (κ3) is 2.56. The van der Waals surface area contributed by atoms with E-state index in [0.29, 0.717) is 0 Å². The molecule has 1 saturated heterocycles. The number of nitrogens with zero attached hydrogens (tertiary/aromatic N) is 3. The summed E-state index contributed by atoms with van der Waals surface area (Å²) in [6.07, 6.45) is 7.61. The van der Waals surface area contributed by atoms with Crippen LogP contribution in [0.5, 0.6) is 0 Å². The fraction of sp³-hybridized carbons (Fsp3) is 0.700. The van der Waals surface area contributed by atoms with Gasteiger partial charge in [-0.3, -0.25) is 0 Å². The Kier molecular flexibility index (Phi) is 3.16. The summed E-state index contributed by atoms with van der Waals surface area (Å²) < 4.78 is 2.09. The van der Waals surface area contributed by atoms with E-state index in [1.54, 1.807) is 6.20 Å².